The van der Waals surface area contributed by atoms with Crippen molar-refractivity contribution < 1.29 is 23.5 Å². The third kappa shape index (κ3) is 4.88. The van der Waals surface area contributed by atoms with Crippen molar-refractivity contribution >= 4 is 29.4 Å². The zero-order chi connectivity index (χ0) is 26.8. The predicted molar refractivity (Wildman–Crippen MR) is 141 cm³/mol. The molecule has 0 amide bonds. The van der Waals surface area contributed by atoms with Crippen LogP contribution in [0.25, 0.3) is 6.08 Å². The molecular formula is C29H24N2O6S. The minimum atomic E-state index is -0.804. The molecule has 0 aliphatic carbocycles. The van der Waals surface area contributed by atoms with Crippen LogP contribution in [0.5, 0.6) is 0 Å². The summed E-state index contributed by atoms with van der Waals surface area (Å²) in [6.07, 6.45) is 1.67. The van der Waals surface area contributed by atoms with Crippen molar-refractivity contribution in [2.24, 2.45) is 4.99 Å². The van der Waals surface area contributed by atoms with Gasteiger partial charge in [-0.05, 0) is 49.2 Å². The molecule has 0 saturated carbocycles. The van der Waals surface area contributed by atoms with E-state index in [0.29, 0.717) is 31.9 Å². The molecule has 0 fully saturated rings. The molecule has 38 heavy (non-hydrogen) atoms. The second-order valence-corrected chi connectivity index (χ2v) is 9.71. The topological polar surface area (TPSA) is 100 Å². The first-order valence-electron chi connectivity index (χ1n) is 11.8. The maximum absolute atomic E-state index is 13.7. The van der Waals surface area contributed by atoms with Gasteiger partial charge in [0, 0.05) is 6.08 Å². The quantitative estimate of drug-likeness (QED) is 0.354. The molecule has 3 heterocycles. The van der Waals surface area contributed by atoms with E-state index >= 15 is 0 Å². The van der Waals surface area contributed by atoms with Gasteiger partial charge in [0.15, 0.2) is 4.80 Å². The number of esters is 2. The summed E-state index contributed by atoms with van der Waals surface area (Å²) in [5.74, 6) is 0.216. The molecule has 1 aliphatic heterocycles. The number of hydrogen-bond donors (Lipinski definition) is 0. The summed E-state index contributed by atoms with van der Waals surface area (Å²) in [6.45, 7) is 3.63. The fourth-order valence-corrected chi connectivity index (χ4v) is 5.31. The Labute approximate surface area is 221 Å². The van der Waals surface area contributed by atoms with Crippen LogP contribution in [0.3, 0.4) is 0 Å². The molecule has 2 aromatic carbocycles. The smallest absolute Gasteiger partial charge is 0.338 e. The number of benzene rings is 2. The van der Waals surface area contributed by atoms with Crippen molar-refractivity contribution in [3.63, 3.8) is 0 Å². The monoisotopic (exact) mass is 528 g/mol. The van der Waals surface area contributed by atoms with Crippen molar-refractivity contribution in [1.82, 2.24) is 4.57 Å². The Kier molecular flexibility index (Phi) is 6.93. The summed E-state index contributed by atoms with van der Waals surface area (Å²) in [7, 11) is 1.31. The number of ether oxygens (including phenoxy) is 2. The highest BCUT2D eigenvalue weighted by atomic mass is 32.1. The maximum atomic E-state index is 13.7. The van der Waals surface area contributed by atoms with Crippen LogP contribution in [-0.4, -0.2) is 23.6 Å². The number of nitrogens with zero attached hydrogens (tertiary/aromatic N) is 2. The number of methoxy groups -OCH3 is 1. The van der Waals surface area contributed by atoms with Gasteiger partial charge in [0.05, 0.1) is 34.5 Å². The first kappa shape index (κ1) is 25.2. The molecule has 5 rings (SSSR count). The predicted octanol–water partition coefficient (Wildman–Crippen LogP) is 3.67. The summed E-state index contributed by atoms with van der Waals surface area (Å²) < 4.78 is 18.0. The molecule has 0 radical (unpaired) electrons. The number of fused-ring (bicyclic) bond motifs is 1. The highest BCUT2D eigenvalue weighted by molar-refractivity contribution is 7.07. The summed E-state index contributed by atoms with van der Waals surface area (Å²) in [5.41, 5.74) is 2.20. The fourth-order valence-electron chi connectivity index (χ4n) is 4.28. The molecule has 2 aromatic heterocycles. The highest BCUT2D eigenvalue weighted by Crippen LogP contribution is 2.31. The highest BCUT2D eigenvalue weighted by Gasteiger charge is 2.33. The van der Waals surface area contributed by atoms with Crippen LogP contribution in [0.4, 0.5) is 0 Å². The number of carbonyl (C=O) groups excluding carboxylic acids is 2. The molecule has 8 nitrogen and oxygen atoms in total. The van der Waals surface area contributed by atoms with Crippen LogP contribution in [0.1, 0.15) is 46.0 Å². The Bertz CT molecular complexity index is 1730. The molecule has 0 saturated heterocycles. The van der Waals surface area contributed by atoms with E-state index in [1.165, 1.54) is 23.0 Å². The normalized spacial score (nSPS) is 15.1. The lowest BCUT2D eigenvalue weighted by Crippen LogP contribution is -2.39. The van der Waals surface area contributed by atoms with Crippen LogP contribution in [-0.2, 0) is 20.9 Å². The maximum Gasteiger partial charge on any atom is 0.338 e. The number of allylic oxidation sites excluding steroid dienone is 1. The minimum absolute atomic E-state index is 0.0761. The van der Waals surface area contributed by atoms with Gasteiger partial charge in [0.25, 0.3) is 5.56 Å². The van der Waals surface area contributed by atoms with Crippen molar-refractivity contribution in [3.05, 3.63) is 126 Å². The second kappa shape index (κ2) is 10.5. The fraction of sp³-hybridized carbons (Fsp3) is 0.172. The van der Waals surface area contributed by atoms with E-state index in [0.717, 1.165) is 11.3 Å². The van der Waals surface area contributed by atoms with Crippen LogP contribution in [0.2, 0.25) is 0 Å². The van der Waals surface area contributed by atoms with Gasteiger partial charge >= 0.3 is 11.9 Å². The Morgan fingerprint density at radius 1 is 1.03 bits per heavy atom. The number of aryl methyl sites for hydroxylation is 1. The molecule has 0 bridgehead atoms. The second-order valence-electron chi connectivity index (χ2n) is 8.71. The van der Waals surface area contributed by atoms with E-state index in [1.807, 2.05) is 43.3 Å². The zero-order valence-electron chi connectivity index (χ0n) is 21.0. The van der Waals surface area contributed by atoms with E-state index in [1.54, 1.807) is 43.3 Å². The number of rotatable bonds is 6. The number of aromatic nitrogens is 1. The molecule has 1 atom stereocenters. The summed E-state index contributed by atoms with van der Waals surface area (Å²) in [6, 6.07) is 18.8. The Morgan fingerprint density at radius 3 is 2.42 bits per heavy atom. The van der Waals surface area contributed by atoms with E-state index < -0.39 is 18.0 Å². The van der Waals surface area contributed by atoms with E-state index in [2.05, 4.69) is 4.99 Å². The molecule has 0 N–H and O–H groups in total. The zero-order valence-corrected chi connectivity index (χ0v) is 21.8. The van der Waals surface area contributed by atoms with Gasteiger partial charge in [-0.1, -0.05) is 53.8 Å². The van der Waals surface area contributed by atoms with Crippen molar-refractivity contribution in [1.29, 1.82) is 0 Å². The Morgan fingerprint density at radius 2 is 1.76 bits per heavy atom. The van der Waals surface area contributed by atoms with Crippen LogP contribution < -0.4 is 14.9 Å². The molecular weight excluding hydrogens is 504 g/mol. The molecule has 4 aromatic rings. The minimum Gasteiger partial charge on any atom is -0.465 e. The largest absolute Gasteiger partial charge is 0.465 e. The van der Waals surface area contributed by atoms with Crippen LogP contribution in [0, 0.1) is 6.92 Å². The van der Waals surface area contributed by atoms with E-state index in [4.69, 9.17) is 13.9 Å². The van der Waals surface area contributed by atoms with Gasteiger partial charge < -0.3 is 13.9 Å². The number of thiazole rings is 1. The third-order valence-corrected chi connectivity index (χ3v) is 7.12. The van der Waals surface area contributed by atoms with Gasteiger partial charge in [0.2, 0.25) is 0 Å². The lowest BCUT2D eigenvalue weighted by atomic mass is 9.95. The van der Waals surface area contributed by atoms with E-state index in [-0.39, 0.29) is 17.7 Å². The van der Waals surface area contributed by atoms with Crippen LogP contribution in [0.15, 0.2) is 92.2 Å². The van der Waals surface area contributed by atoms with Gasteiger partial charge in [-0.3, -0.25) is 9.36 Å². The van der Waals surface area contributed by atoms with Crippen molar-refractivity contribution in [3.8, 4) is 0 Å². The van der Waals surface area contributed by atoms with Crippen molar-refractivity contribution in [2.45, 2.75) is 26.5 Å². The van der Waals surface area contributed by atoms with Gasteiger partial charge in [-0.2, -0.15) is 0 Å². The SMILES string of the molecule is COC(=O)c1ccc(C2C(C(=O)OCc3ccccc3)=C(C)N=c3sc(=Cc4ccc(C)o4)c(=O)n32)cc1. The third-order valence-electron chi connectivity index (χ3n) is 6.14. The van der Waals surface area contributed by atoms with Gasteiger partial charge in [-0.15, -0.1) is 0 Å². The van der Waals surface area contributed by atoms with E-state index in [9.17, 15) is 14.4 Å². The first-order valence-corrected chi connectivity index (χ1v) is 12.7. The summed E-state index contributed by atoms with van der Waals surface area (Å²) in [5, 5.41) is 0. The number of furan rings is 1. The molecule has 0 spiro atoms. The number of carbonyl (C=O) groups is 2. The average molecular weight is 529 g/mol. The Hall–Kier alpha value is -4.50. The summed E-state index contributed by atoms with van der Waals surface area (Å²) >= 11 is 1.21. The van der Waals surface area contributed by atoms with Gasteiger partial charge in [-0.25, -0.2) is 14.6 Å². The lowest BCUT2D eigenvalue weighted by molar-refractivity contribution is -0.140. The lowest BCUT2D eigenvalue weighted by Gasteiger charge is -2.25. The first-order chi connectivity index (χ1) is 18.4. The molecule has 1 aliphatic rings. The molecule has 192 valence electrons. The van der Waals surface area contributed by atoms with Crippen molar-refractivity contribution in [2.75, 3.05) is 7.11 Å². The number of hydrogen-bond acceptors (Lipinski definition) is 8. The standard InChI is InChI=1S/C29H24N2O6S/c1-17-9-14-22(37-17)15-23-26(32)31-25(20-10-12-21(13-11-20)27(33)35-3)24(18(2)30-29(31)38-23)28(34)36-16-19-7-5-4-6-8-19/h4-15,25H,16H2,1-3H3. The average Bonchev–Trinajstić information content (AvgIpc) is 3.48. The Balaban J connectivity index is 1.61. The van der Waals surface area contributed by atoms with Gasteiger partial charge in [0.1, 0.15) is 18.1 Å². The molecule has 1 unspecified atom stereocenters. The summed E-state index contributed by atoms with van der Waals surface area (Å²) in [4.78, 5) is 44.2. The van der Waals surface area contributed by atoms with Crippen LogP contribution >= 0.6 is 11.3 Å². The molecule has 9 heteroatoms.